The standard InChI is InChI=1S/C13H15N/c1-5-10(3)12-8-7-11(6-2)13(9-12)14-4/h5-9H,2,4H2,1,3H3/b10-5+. The lowest BCUT2D eigenvalue weighted by molar-refractivity contribution is 1.47. The number of hydrogen-bond donors (Lipinski definition) is 0. The molecule has 0 heterocycles. The first-order valence-electron chi connectivity index (χ1n) is 4.59. The van der Waals surface area contributed by atoms with Crippen LogP contribution in [0, 0.1) is 0 Å². The van der Waals surface area contributed by atoms with E-state index >= 15 is 0 Å². The molecule has 0 saturated heterocycles. The van der Waals surface area contributed by atoms with E-state index in [1.165, 1.54) is 11.1 Å². The zero-order valence-corrected chi connectivity index (χ0v) is 8.75. The first-order valence-corrected chi connectivity index (χ1v) is 4.59. The van der Waals surface area contributed by atoms with Crippen LogP contribution < -0.4 is 0 Å². The fourth-order valence-corrected chi connectivity index (χ4v) is 1.27. The maximum absolute atomic E-state index is 3.97. The lowest BCUT2D eigenvalue weighted by Crippen LogP contribution is -1.81. The third kappa shape index (κ3) is 1.99. The Kier molecular flexibility index (Phi) is 3.41. The molecule has 0 fully saturated rings. The Hall–Kier alpha value is -1.63. The van der Waals surface area contributed by atoms with Crippen LogP contribution in [0.1, 0.15) is 25.0 Å². The summed E-state index contributed by atoms with van der Waals surface area (Å²) in [4.78, 5) is 3.97. The molecule has 1 heteroatoms. The van der Waals surface area contributed by atoms with Gasteiger partial charge in [-0.2, -0.15) is 0 Å². The van der Waals surface area contributed by atoms with Crippen molar-refractivity contribution in [1.29, 1.82) is 0 Å². The quantitative estimate of drug-likeness (QED) is 0.629. The van der Waals surface area contributed by atoms with Gasteiger partial charge in [0, 0.05) is 0 Å². The van der Waals surface area contributed by atoms with E-state index in [0.717, 1.165) is 11.3 Å². The van der Waals surface area contributed by atoms with Gasteiger partial charge in [-0.25, -0.2) is 0 Å². The van der Waals surface area contributed by atoms with Crippen molar-refractivity contribution in [1.82, 2.24) is 0 Å². The average molecular weight is 185 g/mol. The molecule has 0 unspecified atom stereocenters. The van der Waals surface area contributed by atoms with E-state index in [-0.39, 0.29) is 0 Å². The third-order valence-electron chi connectivity index (χ3n) is 2.31. The van der Waals surface area contributed by atoms with Crippen LogP contribution in [0.5, 0.6) is 0 Å². The maximum Gasteiger partial charge on any atom is 0.0700 e. The van der Waals surface area contributed by atoms with Crippen molar-refractivity contribution in [2.24, 2.45) is 4.99 Å². The van der Waals surface area contributed by atoms with Crippen LogP contribution in [0.25, 0.3) is 11.6 Å². The van der Waals surface area contributed by atoms with Gasteiger partial charge in [0.05, 0.1) is 5.69 Å². The highest BCUT2D eigenvalue weighted by Crippen LogP contribution is 2.25. The molecule has 1 aromatic carbocycles. The second-order valence-electron chi connectivity index (χ2n) is 3.11. The van der Waals surface area contributed by atoms with E-state index in [1.54, 1.807) is 6.08 Å². The van der Waals surface area contributed by atoms with Crippen molar-refractivity contribution in [3.63, 3.8) is 0 Å². The van der Waals surface area contributed by atoms with Crippen molar-refractivity contribution in [2.45, 2.75) is 13.8 Å². The van der Waals surface area contributed by atoms with Crippen molar-refractivity contribution in [3.8, 4) is 0 Å². The molecule has 0 spiro atoms. The smallest absolute Gasteiger partial charge is 0.0700 e. The van der Waals surface area contributed by atoms with E-state index in [9.17, 15) is 0 Å². The molecule has 0 saturated carbocycles. The van der Waals surface area contributed by atoms with Gasteiger partial charge < -0.3 is 0 Å². The summed E-state index contributed by atoms with van der Waals surface area (Å²) in [5, 5.41) is 0. The number of nitrogens with zero attached hydrogens (tertiary/aromatic N) is 1. The fraction of sp³-hybridized carbons (Fsp3) is 0.154. The molecule has 0 aliphatic rings. The molecule has 0 radical (unpaired) electrons. The third-order valence-corrected chi connectivity index (χ3v) is 2.31. The minimum Gasteiger partial charge on any atom is -0.264 e. The Bertz CT molecular complexity index is 386. The predicted molar refractivity (Wildman–Crippen MR) is 65.1 cm³/mol. The lowest BCUT2D eigenvalue weighted by Gasteiger charge is -2.05. The van der Waals surface area contributed by atoms with Crippen molar-refractivity contribution < 1.29 is 0 Å². The minimum atomic E-state index is 0.888. The molecule has 0 N–H and O–H groups in total. The van der Waals surface area contributed by atoms with E-state index in [2.05, 4.69) is 37.4 Å². The molecule has 14 heavy (non-hydrogen) atoms. The molecule has 0 aliphatic carbocycles. The number of allylic oxidation sites excluding steroid dienone is 2. The summed E-state index contributed by atoms with van der Waals surface area (Å²) >= 11 is 0. The van der Waals surface area contributed by atoms with E-state index in [4.69, 9.17) is 0 Å². The van der Waals surface area contributed by atoms with Crippen LogP contribution in [0.2, 0.25) is 0 Å². The summed E-state index contributed by atoms with van der Waals surface area (Å²) in [6.07, 6.45) is 3.87. The van der Waals surface area contributed by atoms with Gasteiger partial charge in [0.25, 0.3) is 0 Å². The van der Waals surface area contributed by atoms with E-state index < -0.39 is 0 Å². The minimum absolute atomic E-state index is 0.888. The predicted octanol–water partition coefficient (Wildman–Crippen LogP) is 4.08. The molecule has 0 amide bonds. The number of benzene rings is 1. The van der Waals surface area contributed by atoms with E-state index in [1.807, 2.05) is 19.1 Å². The normalized spacial score (nSPS) is 11.1. The van der Waals surface area contributed by atoms with Gasteiger partial charge in [-0.15, -0.1) is 0 Å². The lowest BCUT2D eigenvalue weighted by atomic mass is 10.0. The van der Waals surface area contributed by atoms with Gasteiger partial charge in [-0.3, -0.25) is 4.99 Å². The summed E-state index contributed by atoms with van der Waals surface area (Å²) in [5.41, 5.74) is 4.33. The van der Waals surface area contributed by atoms with Crippen LogP contribution >= 0.6 is 0 Å². The second-order valence-corrected chi connectivity index (χ2v) is 3.11. The fourth-order valence-electron chi connectivity index (χ4n) is 1.27. The zero-order chi connectivity index (χ0) is 10.6. The molecule has 1 aromatic rings. The molecule has 0 aliphatic heterocycles. The Morgan fingerprint density at radius 2 is 2.14 bits per heavy atom. The van der Waals surface area contributed by atoms with Crippen molar-refractivity contribution in [3.05, 3.63) is 42.0 Å². The Labute approximate surface area is 85.5 Å². The molecular formula is C13H15N. The summed E-state index contributed by atoms with van der Waals surface area (Å²) < 4.78 is 0. The maximum atomic E-state index is 3.97. The first kappa shape index (κ1) is 10.5. The molecular weight excluding hydrogens is 170 g/mol. The van der Waals surface area contributed by atoms with Crippen LogP contribution in [-0.2, 0) is 0 Å². The zero-order valence-electron chi connectivity index (χ0n) is 8.75. The van der Waals surface area contributed by atoms with Crippen LogP contribution in [-0.4, -0.2) is 6.72 Å². The highest BCUT2D eigenvalue weighted by molar-refractivity contribution is 5.72. The van der Waals surface area contributed by atoms with Gasteiger partial charge in [-0.05, 0) is 43.3 Å². The van der Waals surface area contributed by atoms with Gasteiger partial charge in [0.1, 0.15) is 0 Å². The van der Waals surface area contributed by atoms with Crippen LogP contribution in [0.15, 0.2) is 35.8 Å². The highest BCUT2D eigenvalue weighted by Gasteiger charge is 2.00. The summed E-state index contributed by atoms with van der Waals surface area (Å²) in [5.74, 6) is 0. The van der Waals surface area contributed by atoms with Crippen LogP contribution in [0.3, 0.4) is 0 Å². The molecule has 0 aromatic heterocycles. The Balaban J connectivity index is 3.27. The first-order chi connectivity index (χ1) is 6.72. The Morgan fingerprint density at radius 3 is 2.64 bits per heavy atom. The topological polar surface area (TPSA) is 12.4 Å². The van der Waals surface area contributed by atoms with Crippen molar-refractivity contribution >= 4 is 24.1 Å². The monoisotopic (exact) mass is 185 g/mol. The van der Waals surface area contributed by atoms with Gasteiger partial charge in [0.2, 0.25) is 0 Å². The molecule has 0 atom stereocenters. The summed E-state index contributed by atoms with van der Waals surface area (Å²) in [6.45, 7) is 11.4. The molecule has 0 bridgehead atoms. The van der Waals surface area contributed by atoms with Crippen molar-refractivity contribution in [2.75, 3.05) is 0 Å². The average Bonchev–Trinajstić information content (AvgIpc) is 2.26. The van der Waals surface area contributed by atoms with Gasteiger partial charge in [0.15, 0.2) is 0 Å². The number of aliphatic imine (C=N–C) groups is 1. The van der Waals surface area contributed by atoms with Gasteiger partial charge in [-0.1, -0.05) is 30.9 Å². The van der Waals surface area contributed by atoms with Gasteiger partial charge >= 0.3 is 0 Å². The second kappa shape index (κ2) is 4.56. The highest BCUT2D eigenvalue weighted by atomic mass is 14.7. The number of rotatable bonds is 3. The number of hydrogen-bond acceptors (Lipinski definition) is 1. The molecule has 1 nitrogen and oxygen atoms in total. The Morgan fingerprint density at radius 1 is 1.43 bits per heavy atom. The summed E-state index contributed by atoms with van der Waals surface area (Å²) in [6, 6.07) is 6.11. The molecule has 1 rings (SSSR count). The van der Waals surface area contributed by atoms with Crippen LogP contribution in [0.4, 0.5) is 5.69 Å². The molecule has 72 valence electrons. The SMILES string of the molecule is C=Cc1ccc(/C(C)=C/C)cc1N=C. The largest absolute Gasteiger partial charge is 0.264 e. The van der Waals surface area contributed by atoms with E-state index in [0.29, 0.717) is 0 Å². The summed E-state index contributed by atoms with van der Waals surface area (Å²) in [7, 11) is 0.